The van der Waals surface area contributed by atoms with E-state index in [0.717, 1.165) is 23.4 Å². The number of hydrogen-bond acceptors (Lipinski definition) is 5. The first-order chi connectivity index (χ1) is 17.9. The zero-order chi connectivity index (χ0) is 27.7. The Morgan fingerprint density at radius 3 is 1.89 bits per heavy atom. The second-order valence-electron chi connectivity index (χ2n) is 9.04. The van der Waals surface area contributed by atoms with Crippen molar-refractivity contribution in [3.05, 3.63) is 119 Å². The molecule has 0 aliphatic carbocycles. The van der Waals surface area contributed by atoms with Crippen LogP contribution in [0.1, 0.15) is 34.9 Å². The summed E-state index contributed by atoms with van der Waals surface area (Å²) in [5.74, 6) is 0. The molecule has 0 amide bonds. The Hall–Kier alpha value is -3.98. The quantitative estimate of drug-likeness (QED) is 0.169. The van der Waals surface area contributed by atoms with Gasteiger partial charge in [-0.15, -0.1) is 0 Å². The van der Waals surface area contributed by atoms with Crippen molar-refractivity contribution in [1.82, 2.24) is 4.98 Å². The molecule has 196 valence electrons. The van der Waals surface area contributed by atoms with Gasteiger partial charge in [0.05, 0.1) is 21.6 Å². The Morgan fingerprint density at radius 1 is 0.842 bits per heavy atom. The van der Waals surface area contributed by atoms with Gasteiger partial charge in [0.25, 0.3) is 0 Å². The van der Waals surface area contributed by atoms with E-state index >= 15 is 0 Å². The van der Waals surface area contributed by atoms with Crippen LogP contribution in [-0.2, 0) is 21.4 Å². The lowest BCUT2D eigenvalue weighted by atomic mass is 9.65. The zero-order valence-electron chi connectivity index (χ0n) is 20.9. The second-order valence-corrected chi connectivity index (χ2v) is 11.1. The van der Waals surface area contributed by atoms with Gasteiger partial charge in [0.1, 0.15) is 0 Å². The Kier molecular flexibility index (Phi) is 7.16. The van der Waals surface area contributed by atoms with Crippen LogP contribution in [-0.4, -0.2) is 30.6 Å². The molecule has 0 spiro atoms. The third kappa shape index (κ3) is 4.93. The lowest BCUT2D eigenvalue weighted by molar-refractivity contribution is -0.138. The Labute approximate surface area is 219 Å². The van der Waals surface area contributed by atoms with E-state index in [9.17, 15) is 26.8 Å². The standard InChI is InChI=1S/C29H25F3N2O3S/c1-19-18-24(16-17-33-19)28(20(2)34-35,26-6-4-5-7-27(26)29(30,31)32)23-12-8-21(9-13-23)22-10-14-25(15-11-22)38(3,36)37/h4-18,35H,1-3H3/b34-20-. The lowest BCUT2D eigenvalue weighted by Gasteiger charge is -2.37. The number of aryl methyl sites for hydroxylation is 1. The normalized spacial score (nSPS) is 14.2. The van der Waals surface area contributed by atoms with Crippen molar-refractivity contribution in [3.63, 3.8) is 0 Å². The number of oxime groups is 1. The first-order valence-corrected chi connectivity index (χ1v) is 13.5. The summed E-state index contributed by atoms with van der Waals surface area (Å²) in [5, 5.41) is 13.4. The average Bonchev–Trinajstić information content (AvgIpc) is 2.89. The third-order valence-corrected chi connectivity index (χ3v) is 7.72. The molecule has 3 aromatic carbocycles. The molecular weight excluding hydrogens is 513 g/mol. The molecule has 4 aromatic rings. The predicted octanol–water partition coefficient (Wildman–Crippen LogP) is 6.66. The number of alkyl halides is 3. The molecule has 0 aliphatic rings. The van der Waals surface area contributed by atoms with Gasteiger partial charge in [-0.25, -0.2) is 8.42 Å². The van der Waals surface area contributed by atoms with Crippen LogP contribution in [0.15, 0.2) is 101 Å². The molecule has 1 N–H and O–H groups in total. The van der Waals surface area contributed by atoms with E-state index in [0.29, 0.717) is 16.8 Å². The number of aromatic nitrogens is 1. The molecule has 0 bridgehead atoms. The van der Waals surface area contributed by atoms with Gasteiger partial charge in [-0.2, -0.15) is 13.2 Å². The summed E-state index contributed by atoms with van der Waals surface area (Å²) >= 11 is 0. The van der Waals surface area contributed by atoms with E-state index in [2.05, 4.69) is 10.1 Å². The molecule has 0 fully saturated rings. The average molecular weight is 539 g/mol. The Morgan fingerprint density at radius 2 is 1.39 bits per heavy atom. The topological polar surface area (TPSA) is 79.6 Å². The van der Waals surface area contributed by atoms with Gasteiger partial charge >= 0.3 is 6.18 Å². The number of halogens is 3. The van der Waals surface area contributed by atoms with Crippen LogP contribution in [0.25, 0.3) is 11.1 Å². The number of sulfone groups is 1. The maximum absolute atomic E-state index is 14.3. The Bertz CT molecular complexity index is 1600. The van der Waals surface area contributed by atoms with E-state index in [4.69, 9.17) is 0 Å². The molecule has 0 radical (unpaired) electrons. The van der Waals surface area contributed by atoms with Crippen LogP contribution in [0.2, 0.25) is 0 Å². The van der Waals surface area contributed by atoms with Gasteiger partial charge in [0.2, 0.25) is 0 Å². The maximum atomic E-state index is 14.3. The van der Waals surface area contributed by atoms with E-state index in [1.807, 2.05) is 0 Å². The summed E-state index contributed by atoms with van der Waals surface area (Å²) in [5.41, 5.74) is 0.488. The molecule has 0 aliphatic heterocycles. The highest BCUT2D eigenvalue weighted by molar-refractivity contribution is 7.90. The molecule has 1 heterocycles. The zero-order valence-corrected chi connectivity index (χ0v) is 21.7. The van der Waals surface area contributed by atoms with Crippen molar-refractivity contribution in [1.29, 1.82) is 0 Å². The highest BCUT2D eigenvalue weighted by Crippen LogP contribution is 2.46. The molecule has 0 saturated carbocycles. The van der Waals surface area contributed by atoms with Crippen molar-refractivity contribution >= 4 is 15.5 Å². The van der Waals surface area contributed by atoms with E-state index in [1.54, 1.807) is 55.5 Å². The summed E-state index contributed by atoms with van der Waals surface area (Å²) in [7, 11) is -3.36. The molecule has 38 heavy (non-hydrogen) atoms. The van der Waals surface area contributed by atoms with Gasteiger partial charge < -0.3 is 5.21 Å². The van der Waals surface area contributed by atoms with Gasteiger partial charge in [-0.05, 0) is 72.0 Å². The van der Waals surface area contributed by atoms with E-state index in [1.165, 1.54) is 43.5 Å². The summed E-state index contributed by atoms with van der Waals surface area (Å²) in [6, 6.07) is 21.8. The summed E-state index contributed by atoms with van der Waals surface area (Å²) in [6.45, 7) is 3.22. The van der Waals surface area contributed by atoms with Crippen molar-refractivity contribution in [2.24, 2.45) is 5.16 Å². The van der Waals surface area contributed by atoms with Gasteiger partial charge in [-0.3, -0.25) is 4.98 Å². The second kappa shape index (κ2) is 10.1. The molecule has 9 heteroatoms. The molecule has 1 unspecified atom stereocenters. The van der Waals surface area contributed by atoms with Gasteiger partial charge in [0, 0.05) is 18.1 Å². The Balaban J connectivity index is 1.99. The summed E-state index contributed by atoms with van der Waals surface area (Å²) in [6.07, 6.45) is -2.03. The van der Waals surface area contributed by atoms with Crippen molar-refractivity contribution < 1.29 is 26.8 Å². The van der Waals surface area contributed by atoms with Gasteiger partial charge in [-0.1, -0.05) is 59.8 Å². The molecule has 0 saturated heterocycles. The van der Waals surface area contributed by atoms with E-state index < -0.39 is 27.0 Å². The number of benzene rings is 3. The maximum Gasteiger partial charge on any atom is 0.416 e. The fourth-order valence-electron chi connectivity index (χ4n) is 4.81. The van der Waals surface area contributed by atoms with Crippen LogP contribution < -0.4 is 0 Å². The van der Waals surface area contributed by atoms with Crippen LogP contribution in [0, 0.1) is 6.92 Å². The minimum atomic E-state index is -4.67. The van der Waals surface area contributed by atoms with Gasteiger partial charge in [0.15, 0.2) is 9.84 Å². The summed E-state index contributed by atoms with van der Waals surface area (Å²) in [4.78, 5) is 4.39. The molecule has 1 atom stereocenters. The molecule has 1 aromatic heterocycles. The highest BCUT2D eigenvalue weighted by atomic mass is 32.2. The number of rotatable bonds is 6. The van der Waals surface area contributed by atoms with Crippen LogP contribution >= 0.6 is 0 Å². The minimum Gasteiger partial charge on any atom is -0.411 e. The lowest BCUT2D eigenvalue weighted by Crippen LogP contribution is -2.39. The first-order valence-electron chi connectivity index (χ1n) is 11.6. The van der Waals surface area contributed by atoms with Crippen molar-refractivity contribution in [2.75, 3.05) is 6.26 Å². The van der Waals surface area contributed by atoms with Crippen molar-refractivity contribution in [2.45, 2.75) is 30.3 Å². The van der Waals surface area contributed by atoms with Crippen molar-refractivity contribution in [3.8, 4) is 11.1 Å². The predicted molar refractivity (Wildman–Crippen MR) is 140 cm³/mol. The first kappa shape index (κ1) is 27.1. The van der Waals surface area contributed by atoms with E-state index in [-0.39, 0.29) is 16.2 Å². The number of pyridine rings is 1. The third-order valence-electron chi connectivity index (χ3n) is 6.59. The van der Waals surface area contributed by atoms with Crippen LogP contribution in [0.5, 0.6) is 0 Å². The summed E-state index contributed by atoms with van der Waals surface area (Å²) < 4.78 is 66.5. The smallest absolute Gasteiger partial charge is 0.411 e. The SMILES string of the molecule is C/C(=N/O)C(c1ccc(-c2ccc(S(C)(=O)=O)cc2)cc1)(c1ccnc(C)c1)c1ccccc1C(F)(F)F. The molecular formula is C29H25F3N2O3S. The fourth-order valence-corrected chi connectivity index (χ4v) is 5.44. The minimum absolute atomic E-state index is 0.0463. The fraction of sp³-hybridized carbons (Fsp3) is 0.172. The van der Waals surface area contributed by atoms with Crippen LogP contribution in [0.3, 0.4) is 0 Å². The monoisotopic (exact) mass is 538 g/mol. The van der Waals surface area contributed by atoms with Crippen LogP contribution in [0.4, 0.5) is 13.2 Å². The number of hydrogen-bond donors (Lipinski definition) is 1. The number of nitrogens with zero attached hydrogens (tertiary/aromatic N) is 2. The largest absolute Gasteiger partial charge is 0.416 e. The molecule has 4 rings (SSSR count). The highest BCUT2D eigenvalue weighted by Gasteiger charge is 2.46. The molecule has 5 nitrogen and oxygen atoms in total.